The van der Waals surface area contributed by atoms with Crippen molar-refractivity contribution in [3.63, 3.8) is 0 Å². The van der Waals surface area contributed by atoms with Crippen LogP contribution in [0.2, 0.25) is 0 Å². The molecule has 0 saturated carbocycles. The van der Waals surface area contributed by atoms with Crippen LogP contribution in [0.4, 0.5) is 15.8 Å². The fourth-order valence-corrected chi connectivity index (χ4v) is 3.35. The molecule has 2 amide bonds. The number of carbonyl (C=O) groups excluding carboxylic acids is 2. The standard InChI is InChI=1S/C21H18FN3O2/c22-16-7-1-2-8-17(16)23-20(26)15-11-14-25(21(15)27)19-10-4-3-9-18(19)24-12-5-6-13-24/h1-10,12-13,15H,11,14H2,(H,23,26). The van der Waals surface area contributed by atoms with Crippen molar-refractivity contribution in [2.45, 2.75) is 6.42 Å². The van der Waals surface area contributed by atoms with E-state index in [0.717, 1.165) is 11.4 Å². The van der Waals surface area contributed by atoms with Crippen LogP contribution in [-0.4, -0.2) is 22.9 Å². The molecule has 1 aliphatic heterocycles. The summed E-state index contributed by atoms with van der Waals surface area (Å²) < 4.78 is 15.7. The van der Waals surface area contributed by atoms with Crippen molar-refractivity contribution in [1.82, 2.24) is 4.57 Å². The van der Waals surface area contributed by atoms with E-state index in [4.69, 9.17) is 0 Å². The van der Waals surface area contributed by atoms with Crippen LogP contribution in [0.1, 0.15) is 6.42 Å². The SMILES string of the molecule is O=C(Nc1ccccc1F)C1CCN(c2ccccc2-n2cccc2)C1=O. The summed E-state index contributed by atoms with van der Waals surface area (Å²) in [6.45, 7) is 0.437. The molecule has 2 aromatic carbocycles. The lowest BCUT2D eigenvalue weighted by Gasteiger charge is -2.21. The molecule has 6 heteroatoms. The number of hydrogen-bond donors (Lipinski definition) is 1. The van der Waals surface area contributed by atoms with E-state index in [1.165, 1.54) is 12.1 Å². The first-order chi connectivity index (χ1) is 13.1. The van der Waals surface area contributed by atoms with Crippen molar-refractivity contribution in [3.05, 3.63) is 78.9 Å². The average Bonchev–Trinajstić information content (AvgIpc) is 3.33. The van der Waals surface area contributed by atoms with Gasteiger partial charge < -0.3 is 14.8 Å². The quantitative estimate of drug-likeness (QED) is 0.720. The minimum absolute atomic E-state index is 0.0847. The van der Waals surface area contributed by atoms with Gasteiger partial charge in [0.1, 0.15) is 11.7 Å². The van der Waals surface area contributed by atoms with Gasteiger partial charge in [-0.25, -0.2) is 4.39 Å². The summed E-state index contributed by atoms with van der Waals surface area (Å²) in [4.78, 5) is 27.1. The molecule has 0 spiro atoms. The monoisotopic (exact) mass is 363 g/mol. The van der Waals surface area contributed by atoms with Gasteiger partial charge in [0.2, 0.25) is 11.8 Å². The summed E-state index contributed by atoms with van der Waals surface area (Å²) in [7, 11) is 0. The Balaban J connectivity index is 1.56. The number of nitrogens with one attached hydrogen (secondary N) is 1. The van der Waals surface area contributed by atoms with Gasteiger partial charge in [0.05, 0.1) is 17.1 Å². The first-order valence-corrected chi connectivity index (χ1v) is 8.74. The van der Waals surface area contributed by atoms with E-state index < -0.39 is 17.6 Å². The van der Waals surface area contributed by atoms with E-state index >= 15 is 0 Å². The number of rotatable bonds is 4. The molecule has 136 valence electrons. The summed E-state index contributed by atoms with van der Waals surface area (Å²) in [5.74, 6) is -2.11. The number of benzene rings is 2. The topological polar surface area (TPSA) is 54.3 Å². The number of hydrogen-bond acceptors (Lipinski definition) is 2. The van der Waals surface area contributed by atoms with E-state index in [2.05, 4.69) is 5.32 Å². The number of nitrogens with zero attached hydrogens (tertiary/aromatic N) is 2. The molecule has 1 unspecified atom stereocenters. The Bertz CT molecular complexity index is 985. The molecule has 27 heavy (non-hydrogen) atoms. The van der Waals surface area contributed by atoms with Crippen molar-refractivity contribution in [3.8, 4) is 5.69 Å². The molecule has 1 fully saturated rings. The van der Waals surface area contributed by atoms with Crippen LogP contribution < -0.4 is 10.2 Å². The Morgan fingerprint density at radius 1 is 0.963 bits per heavy atom. The van der Waals surface area contributed by atoms with E-state index in [0.29, 0.717) is 13.0 Å². The Labute approximate surface area is 156 Å². The molecule has 3 aromatic rings. The van der Waals surface area contributed by atoms with Gasteiger partial charge in [0.25, 0.3) is 0 Å². The van der Waals surface area contributed by atoms with Gasteiger partial charge in [-0.15, -0.1) is 0 Å². The maximum absolute atomic E-state index is 13.8. The predicted octanol–water partition coefficient (Wildman–Crippen LogP) is 3.61. The molecule has 0 aliphatic carbocycles. The van der Waals surface area contributed by atoms with E-state index in [-0.39, 0.29) is 11.6 Å². The molecular weight excluding hydrogens is 345 g/mol. The second kappa shape index (κ2) is 7.07. The highest BCUT2D eigenvalue weighted by Gasteiger charge is 2.38. The third-order valence-electron chi connectivity index (χ3n) is 4.71. The molecule has 0 radical (unpaired) electrons. The molecule has 5 nitrogen and oxygen atoms in total. The maximum Gasteiger partial charge on any atom is 0.239 e. The molecule has 1 saturated heterocycles. The lowest BCUT2D eigenvalue weighted by atomic mass is 10.1. The zero-order chi connectivity index (χ0) is 18.8. The first kappa shape index (κ1) is 17.0. The molecule has 1 atom stereocenters. The van der Waals surface area contributed by atoms with Crippen LogP contribution in [-0.2, 0) is 9.59 Å². The number of amides is 2. The normalized spacial score (nSPS) is 16.6. The number of carbonyl (C=O) groups is 2. The van der Waals surface area contributed by atoms with Crippen molar-refractivity contribution < 1.29 is 14.0 Å². The Morgan fingerprint density at radius 2 is 1.63 bits per heavy atom. The summed E-state index contributed by atoms with van der Waals surface area (Å²) in [6, 6.07) is 17.3. The molecule has 2 heterocycles. The summed E-state index contributed by atoms with van der Waals surface area (Å²) in [6.07, 6.45) is 4.20. The van der Waals surface area contributed by atoms with Gasteiger partial charge in [0.15, 0.2) is 0 Å². The molecular formula is C21H18FN3O2. The number of anilines is 2. The van der Waals surface area contributed by atoms with Gasteiger partial charge in [0, 0.05) is 18.9 Å². The number of para-hydroxylation sites is 3. The molecule has 0 bridgehead atoms. The lowest BCUT2D eigenvalue weighted by molar-refractivity contribution is -0.129. The number of halogens is 1. The van der Waals surface area contributed by atoms with E-state index in [1.54, 1.807) is 17.0 Å². The highest BCUT2D eigenvalue weighted by molar-refractivity contribution is 6.13. The minimum atomic E-state index is -0.831. The van der Waals surface area contributed by atoms with Gasteiger partial charge in [-0.2, -0.15) is 0 Å². The summed E-state index contributed by atoms with van der Waals surface area (Å²) in [5.41, 5.74) is 1.70. The highest BCUT2D eigenvalue weighted by atomic mass is 19.1. The molecule has 1 N–H and O–H groups in total. The minimum Gasteiger partial charge on any atom is -0.323 e. The zero-order valence-electron chi connectivity index (χ0n) is 14.5. The second-order valence-corrected chi connectivity index (χ2v) is 6.38. The van der Waals surface area contributed by atoms with Gasteiger partial charge >= 0.3 is 0 Å². The Morgan fingerprint density at radius 3 is 2.37 bits per heavy atom. The number of aromatic nitrogens is 1. The molecule has 1 aliphatic rings. The largest absolute Gasteiger partial charge is 0.323 e. The van der Waals surface area contributed by atoms with E-state index in [9.17, 15) is 14.0 Å². The van der Waals surface area contributed by atoms with Crippen molar-refractivity contribution in [1.29, 1.82) is 0 Å². The average molecular weight is 363 g/mol. The van der Waals surface area contributed by atoms with Gasteiger partial charge in [-0.05, 0) is 42.8 Å². The Kier molecular flexibility index (Phi) is 4.46. The first-order valence-electron chi connectivity index (χ1n) is 8.74. The van der Waals surface area contributed by atoms with Crippen molar-refractivity contribution in [2.75, 3.05) is 16.8 Å². The third kappa shape index (κ3) is 3.21. The van der Waals surface area contributed by atoms with E-state index in [1.807, 2.05) is 53.4 Å². The van der Waals surface area contributed by atoms with Crippen molar-refractivity contribution >= 4 is 23.2 Å². The van der Waals surface area contributed by atoms with Crippen LogP contribution in [0, 0.1) is 11.7 Å². The van der Waals surface area contributed by atoms with Crippen LogP contribution in [0.25, 0.3) is 5.69 Å². The fraction of sp³-hybridized carbons (Fsp3) is 0.143. The predicted molar refractivity (Wildman–Crippen MR) is 101 cm³/mol. The van der Waals surface area contributed by atoms with Crippen LogP contribution in [0.3, 0.4) is 0 Å². The lowest BCUT2D eigenvalue weighted by Crippen LogP contribution is -2.33. The third-order valence-corrected chi connectivity index (χ3v) is 4.71. The van der Waals surface area contributed by atoms with Gasteiger partial charge in [-0.3, -0.25) is 9.59 Å². The highest BCUT2D eigenvalue weighted by Crippen LogP contribution is 2.31. The molecule has 1 aromatic heterocycles. The second-order valence-electron chi connectivity index (χ2n) is 6.38. The molecule has 4 rings (SSSR count). The zero-order valence-corrected chi connectivity index (χ0v) is 14.5. The van der Waals surface area contributed by atoms with Crippen LogP contribution >= 0.6 is 0 Å². The van der Waals surface area contributed by atoms with Crippen LogP contribution in [0.5, 0.6) is 0 Å². The Hall–Kier alpha value is -3.41. The van der Waals surface area contributed by atoms with Crippen LogP contribution in [0.15, 0.2) is 73.1 Å². The summed E-state index contributed by atoms with van der Waals surface area (Å²) in [5, 5.41) is 2.53. The fourth-order valence-electron chi connectivity index (χ4n) is 3.35. The van der Waals surface area contributed by atoms with Crippen molar-refractivity contribution in [2.24, 2.45) is 5.92 Å². The maximum atomic E-state index is 13.8. The summed E-state index contributed by atoms with van der Waals surface area (Å²) >= 11 is 0. The smallest absolute Gasteiger partial charge is 0.239 e. The van der Waals surface area contributed by atoms with Gasteiger partial charge in [-0.1, -0.05) is 24.3 Å².